The minimum Gasteiger partial charge on any atom is -0.399 e. The van der Waals surface area contributed by atoms with Crippen LogP contribution in [0.5, 0.6) is 0 Å². The van der Waals surface area contributed by atoms with Crippen LogP contribution >= 0.6 is 0 Å². The van der Waals surface area contributed by atoms with E-state index in [9.17, 15) is 0 Å². The number of aromatic nitrogens is 2. The van der Waals surface area contributed by atoms with Gasteiger partial charge in [0.05, 0.1) is 11.0 Å². The average Bonchev–Trinajstić information content (AvgIpc) is 2.68. The van der Waals surface area contributed by atoms with Crippen molar-refractivity contribution in [2.45, 2.75) is 46.1 Å². The van der Waals surface area contributed by atoms with Crippen molar-refractivity contribution in [1.29, 1.82) is 0 Å². The SMILES string of the molecule is Cc1nc2cc(N)ccc2n1CC1CCCCC1C. The fourth-order valence-electron chi connectivity index (χ4n) is 3.40. The fraction of sp³-hybridized carbons (Fsp3) is 0.562. The van der Waals surface area contributed by atoms with Gasteiger partial charge < -0.3 is 10.3 Å². The number of nitrogen functional groups attached to an aromatic ring is 1. The molecule has 1 aromatic carbocycles. The summed E-state index contributed by atoms with van der Waals surface area (Å²) >= 11 is 0. The number of nitrogens with two attached hydrogens (primary N) is 1. The molecule has 1 heterocycles. The first-order chi connectivity index (χ1) is 9.15. The van der Waals surface area contributed by atoms with E-state index >= 15 is 0 Å². The summed E-state index contributed by atoms with van der Waals surface area (Å²) in [4.78, 5) is 4.65. The Hall–Kier alpha value is -1.51. The summed E-state index contributed by atoms with van der Waals surface area (Å²) in [6.07, 6.45) is 5.52. The van der Waals surface area contributed by atoms with Crippen molar-refractivity contribution in [3.8, 4) is 0 Å². The van der Waals surface area contributed by atoms with Crippen LogP contribution in [-0.2, 0) is 6.54 Å². The van der Waals surface area contributed by atoms with Gasteiger partial charge in [-0.25, -0.2) is 4.98 Å². The zero-order chi connectivity index (χ0) is 13.4. The predicted octanol–water partition coefficient (Wildman–Crippen LogP) is 3.75. The summed E-state index contributed by atoms with van der Waals surface area (Å²) in [7, 11) is 0. The first-order valence-corrected chi connectivity index (χ1v) is 7.37. The van der Waals surface area contributed by atoms with E-state index in [2.05, 4.69) is 29.5 Å². The predicted molar refractivity (Wildman–Crippen MR) is 80.0 cm³/mol. The molecule has 3 rings (SSSR count). The van der Waals surface area contributed by atoms with Crippen molar-refractivity contribution >= 4 is 16.7 Å². The number of rotatable bonds is 2. The Bertz CT molecular complexity index is 585. The zero-order valence-corrected chi connectivity index (χ0v) is 11.9. The third kappa shape index (κ3) is 2.34. The Labute approximate surface area is 114 Å². The topological polar surface area (TPSA) is 43.8 Å². The quantitative estimate of drug-likeness (QED) is 0.833. The summed E-state index contributed by atoms with van der Waals surface area (Å²) in [5, 5.41) is 0. The maximum atomic E-state index is 5.84. The molecule has 2 aromatic rings. The fourth-order valence-corrected chi connectivity index (χ4v) is 3.40. The number of imidazole rings is 1. The average molecular weight is 257 g/mol. The molecular formula is C16H23N3. The number of hydrogen-bond donors (Lipinski definition) is 1. The lowest BCUT2D eigenvalue weighted by Crippen LogP contribution is -2.22. The van der Waals surface area contributed by atoms with Crippen LogP contribution < -0.4 is 5.73 Å². The van der Waals surface area contributed by atoms with Crippen LogP contribution in [0, 0.1) is 18.8 Å². The van der Waals surface area contributed by atoms with Crippen LogP contribution in [0.2, 0.25) is 0 Å². The van der Waals surface area contributed by atoms with Crippen LogP contribution in [0.3, 0.4) is 0 Å². The molecule has 1 saturated carbocycles. The second kappa shape index (κ2) is 4.87. The molecule has 0 aliphatic heterocycles. The van der Waals surface area contributed by atoms with Crippen molar-refractivity contribution in [3.05, 3.63) is 24.0 Å². The van der Waals surface area contributed by atoms with Crippen LogP contribution in [0.4, 0.5) is 5.69 Å². The van der Waals surface area contributed by atoms with Crippen molar-refractivity contribution in [3.63, 3.8) is 0 Å². The smallest absolute Gasteiger partial charge is 0.106 e. The summed E-state index contributed by atoms with van der Waals surface area (Å²) in [6.45, 7) is 5.60. The number of anilines is 1. The number of benzene rings is 1. The van der Waals surface area contributed by atoms with Gasteiger partial charge in [0.15, 0.2) is 0 Å². The number of nitrogens with zero attached hydrogens (tertiary/aromatic N) is 2. The second-order valence-corrected chi connectivity index (χ2v) is 6.04. The maximum absolute atomic E-state index is 5.84. The van der Waals surface area contributed by atoms with Gasteiger partial charge >= 0.3 is 0 Å². The number of hydrogen-bond acceptors (Lipinski definition) is 2. The van der Waals surface area contributed by atoms with Gasteiger partial charge in [0.25, 0.3) is 0 Å². The second-order valence-electron chi connectivity index (χ2n) is 6.04. The van der Waals surface area contributed by atoms with Crippen LogP contribution in [0.15, 0.2) is 18.2 Å². The van der Waals surface area contributed by atoms with Gasteiger partial charge in [0, 0.05) is 12.2 Å². The molecule has 2 unspecified atom stereocenters. The number of aryl methyl sites for hydroxylation is 1. The molecule has 1 aliphatic rings. The standard InChI is InChI=1S/C16H23N3/c1-11-5-3-4-6-13(11)10-19-12(2)18-15-9-14(17)7-8-16(15)19/h7-9,11,13H,3-6,10,17H2,1-2H3. The van der Waals surface area contributed by atoms with Crippen molar-refractivity contribution in [2.24, 2.45) is 11.8 Å². The lowest BCUT2D eigenvalue weighted by Gasteiger charge is -2.29. The summed E-state index contributed by atoms with van der Waals surface area (Å²) in [5.74, 6) is 2.74. The van der Waals surface area contributed by atoms with Crippen LogP contribution in [-0.4, -0.2) is 9.55 Å². The molecule has 2 N–H and O–H groups in total. The molecule has 1 aromatic heterocycles. The highest BCUT2D eigenvalue weighted by Gasteiger charge is 2.22. The monoisotopic (exact) mass is 257 g/mol. The molecule has 0 saturated heterocycles. The molecule has 0 radical (unpaired) electrons. The molecule has 3 heteroatoms. The van der Waals surface area contributed by atoms with Crippen molar-refractivity contribution < 1.29 is 0 Å². The molecule has 0 bridgehead atoms. The van der Waals surface area contributed by atoms with Gasteiger partial charge in [0.2, 0.25) is 0 Å². The highest BCUT2D eigenvalue weighted by molar-refractivity contribution is 5.79. The highest BCUT2D eigenvalue weighted by Crippen LogP contribution is 2.32. The molecule has 102 valence electrons. The van der Waals surface area contributed by atoms with E-state index in [4.69, 9.17) is 5.73 Å². The lowest BCUT2D eigenvalue weighted by molar-refractivity contribution is 0.229. The summed E-state index contributed by atoms with van der Waals surface area (Å²) < 4.78 is 2.38. The van der Waals surface area contributed by atoms with Crippen molar-refractivity contribution in [1.82, 2.24) is 9.55 Å². The maximum Gasteiger partial charge on any atom is 0.106 e. The summed E-state index contributed by atoms with van der Waals surface area (Å²) in [5.41, 5.74) is 8.89. The Morgan fingerprint density at radius 2 is 2.11 bits per heavy atom. The minimum absolute atomic E-state index is 0.794. The minimum atomic E-state index is 0.794. The molecule has 1 aliphatic carbocycles. The number of fused-ring (bicyclic) bond motifs is 1. The van der Waals surface area contributed by atoms with E-state index in [0.29, 0.717) is 0 Å². The summed E-state index contributed by atoms with van der Waals surface area (Å²) in [6, 6.07) is 6.06. The van der Waals surface area contributed by atoms with Crippen molar-refractivity contribution in [2.75, 3.05) is 5.73 Å². The van der Waals surface area contributed by atoms with Gasteiger partial charge in [-0.3, -0.25) is 0 Å². The molecule has 1 fully saturated rings. The van der Waals surface area contributed by atoms with Crippen LogP contribution in [0.25, 0.3) is 11.0 Å². The van der Waals surface area contributed by atoms with E-state index in [0.717, 1.165) is 35.4 Å². The molecular weight excluding hydrogens is 234 g/mol. The molecule has 0 amide bonds. The highest BCUT2D eigenvalue weighted by atomic mass is 15.1. The molecule has 19 heavy (non-hydrogen) atoms. The van der Waals surface area contributed by atoms with Gasteiger partial charge in [-0.2, -0.15) is 0 Å². The Balaban J connectivity index is 1.93. The largest absolute Gasteiger partial charge is 0.399 e. The van der Waals surface area contributed by atoms with Gasteiger partial charge in [-0.05, 0) is 43.4 Å². The van der Waals surface area contributed by atoms with E-state index in [1.54, 1.807) is 0 Å². The van der Waals surface area contributed by atoms with E-state index in [-0.39, 0.29) is 0 Å². The third-order valence-electron chi connectivity index (χ3n) is 4.67. The lowest BCUT2D eigenvalue weighted by atomic mass is 9.80. The molecule has 3 nitrogen and oxygen atoms in total. The Morgan fingerprint density at radius 3 is 2.89 bits per heavy atom. The normalized spacial score (nSPS) is 23.9. The zero-order valence-electron chi connectivity index (χ0n) is 11.9. The molecule has 0 spiro atoms. The van der Waals surface area contributed by atoms with Gasteiger partial charge in [0.1, 0.15) is 5.82 Å². The first kappa shape index (κ1) is 12.5. The Morgan fingerprint density at radius 1 is 1.32 bits per heavy atom. The first-order valence-electron chi connectivity index (χ1n) is 7.37. The van der Waals surface area contributed by atoms with Gasteiger partial charge in [-0.15, -0.1) is 0 Å². The van der Waals surface area contributed by atoms with E-state index < -0.39 is 0 Å². The Kier molecular flexibility index (Phi) is 3.21. The van der Waals surface area contributed by atoms with Gasteiger partial charge in [-0.1, -0.05) is 26.2 Å². The van der Waals surface area contributed by atoms with Crippen LogP contribution in [0.1, 0.15) is 38.4 Å². The molecule has 2 atom stereocenters. The van der Waals surface area contributed by atoms with E-state index in [1.807, 2.05) is 12.1 Å². The third-order valence-corrected chi connectivity index (χ3v) is 4.67. The van der Waals surface area contributed by atoms with E-state index in [1.165, 1.54) is 31.2 Å².